The molecule has 0 aromatic carbocycles. The van der Waals surface area contributed by atoms with E-state index in [2.05, 4.69) is 10.2 Å². The number of nitrogens with one attached hydrogen (secondary N) is 2. The summed E-state index contributed by atoms with van der Waals surface area (Å²) >= 11 is 0. The van der Waals surface area contributed by atoms with Crippen molar-refractivity contribution in [3.8, 4) is 0 Å². The van der Waals surface area contributed by atoms with Crippen molar-refractivity contribution in [2.24, 2.45) is 33.5 Å². The van der Waals surface area contributed by atoms with Gasteiger partial charge in [-0.3, -0.25) is 10.8 Å². The molecular formula is C12H28Cl2N6. The molecule has 0 saturated carbocycles. The summed E-state index contributed by atoms with van der Waals surface area (Å²) in [5.41, 5.74) is 9.49. The summed E-state index contributed by atoms with van der Waals surface area (Å²) in [5.74, 6) is 0.0241. The van der Waals surface area contributed by atoms with Gasteiger partial charge in [0.05, 0.1) is 0 Å². The predicted molar refractivity (Wildman–Crippen MR) is 89.7 cm³/mol. The van der Waals surface area contributed by atoms with Crippen molar-refractivity contribution >= 4 is 36.5 Å². The van der Waals surface area contributed by atoms with Crippen LogP contribution in [0.5, 0.6) is 0 Å². The molecule has 0 radical (unpaired) electrons. The maximum absolute atomic E-state index is 7.64. The highest BCUT2D eigenvalue weighted by Gasteiger charge is 2.36. The van der Waals surface area contributed by atoms with Crippen molar-refractivity contribution in [2.45, 2.75) is 52.6 Å². The van der Waals surface area contributed by atoms with Crippen LogP contribution in [0.4, 0.5) is 0 Å². The van der Waals surface area contributed by atoms with Crippen molar-refractivity contribution in [3.63, 3.8) is 0 Å². The predicted octanol–water partition coefficient (Wildman–Crippen LogP) is 2.98. The molecule has 0 aromatic rings. The largest absolute Gasteiger partial charge is 0.386 e. The van der Waals surface area contributed by atoms with Gasteiger partial charge < -0.3 is 11.5 Å². The van der Waals surface area contributed by atoms with Crippen LogP contribution >= 0.6 is 24.8 Å². The summed E-state index contributed by atoms with van der Waals surface area (Å²) in [5, 5.41) is 23.7. The summed E-state index contributed by atoms with van der Waals surface area (Å²) in [6, 6.07) is 0. The van der Waals surface area contributed by atoms with E-state index < -0.39 is 11.1 Å². The molecule has 0 spiro atoms. The summed E-state index contributed by atoms with van der Waals surface area (Å²) < 4.78 is 0. The Bertz CT molecular complexity index is 335. The maximum Gasteiger partial charge on any atom is 0.137 e. The monoisotopic (exact) mass is 326 g/mol. The average Bonchev–Trinajstić information content (AvgIpc) is 2.23. The van der Waals surface area contributed by atoms with Crippen LogP contribution in [-0.4, -0.2) is 22.7 Å². The second kappa shape index (κ2) is 8.42. The first kappa shape index (κ1) is 24.2. The van der Waals surface area contributed by atoms with Crippen LogP contribution in [0.1, 0.15) is 41.5 Å². The van der Waals surface area contributed by atoms with E-state index in [4.69, 9.17) is 22.3 Å². The van der Waals surface area contributed by atoms with Crippen LogP contribution in [0.2, 0.25) is 0 Å². The lowest BCUT2D eigenvalue weighted by atomic mass is 9.87. The Balaban J connectivity index is -0.00000144. The van der Waals surface area contributed by atoms with Crippen molar-refractivity contribution in [3.05, 3.63) is 0 Å². The molecule has 2 atom stereocenters. The van der Waals surface area contributed by atoms with Gasteiger partial charge in [0.2, 0.25) is 0 Å². The Morgan fingerprint density at radius 2 is 1.00 bits per heavy atom. The van der Waals surface area contributed by atoms with Gasteiger partial charge in [-0.1, -0.05) is 27.7 Å². The first-order valence-electron chi connectivity index (χ1n) is 6.11. The van der Waals surface area contributed by atoms with E-state index in [-0.39, 0.29) is 48.3 Å². The third-order valence-corrected chi connectivity index (χ3v) is 3.80. The lowest BCUT2D eigenvalue weighted by Gasteiger charge is -2.31. The van der Waals surface area contributed by atoms with E-state index in [0.29, 0.717) is 0 Å². The molecule has 8 heteroatoms. The Morgan fingerprint density at radius 1 is 0.800 bits per heavy atom. The van der Waals surface area contributed by atoms with Crippen LogP contribution in [0.15, 0.2) is 10.2 Å². The third kappa shape index (κ3) is 4.90. The van der Waals surface area contributed by atoms with Gasteiger partial charge in [0.15, 0.2) is 0 Å². The molecule has 0 aliphatic rings. The number of hydrogen-bond donors (Lipinski definition) is 4. The fourth-order valence-corrected chi connectivity index (χ4v) is 1.17. The second-order valence-electron chi connectivity index (χ2n) is 5.63. The Hall–Kier alpha value is -0.880. The van der Waals surface area contributed by atoms with Crippen molar-refractivity contribution in [1.29, 1.82) is 10.8 Å². The van der Waals surface area contributed by atoms with Gasteiger partial charge in [-0.25, -0.2) is 0 Å². The van der Waals surface area contributed by atoms with E-state index in [1.54, 1.807) is 13.8 Å². The number of hydrogen-bond acceptors (Lipinski definition) is 4. The van der Waals surface area contributed by atoms with Crippen LogP contribution < -0.4 is 11.5 Å². The van der Waals surface area contributed by atoms with Gasteiger partial charge in [-0.05, 0) is 25.7 Å². The number of azo groups is 1. The van der Waals surface area contributed by atoms with Crippen molar-refractivity contribution in [1.82, 2.24) is 0 Å². The molecule has 6 nitrogen and oxygen atoms in total. The minimum absolute atomic E-state index is 0. The highest BCUT2D eigenvalue weighted by molar-refractivity contribution is 5.88. The third-order valence-electron chi connectivity index (χ3n) is 3.80. The zero-order chi connectivity index (χ0) is 14.7. The van der Waals surface area contributed by atoms with Gasteiger partial charge >= 0.3 is 0 Å². The standard InChI is InChI=1S/C12H26N6.2ClH/c1-7(2)11(5,9(13)14)17-18-12(6,8(3)4)10(15)16;;/h7-8H,1-6H3,(H3,13,14)(H3,15,16);2*1H. The summed E-state index contributed by atoms with van der Waals surface area (Å²) in [7, 11) is 0. The second-order valence-corrected chi connectivity index (χ2v) is 5.63. The molecule has 0 aliphatic heterocycles. The Kier molecular flexibility index (Phi) is 10.2. The fourth-order valence-electron chi connectivity index (χ4n) is 1.17. The number of amidine groups is 2. The average molecular weight is 327 g/mol. The Labute approximate surface area is 134 Å². The summed E-state index contributed by atoms with van der Waals surface area (Å²) in [6.07, 6.45) is 0. The van der Waals surface area contributed by atoms with Crippen LogP contribution in [-0.2, 0) is 0 Å². The van der Waals surface area contributed by atoms with Gasteiger partial charge in [0.25, 0.3) is 0 Å². The van der Waals surface area contributed by atoms with Gasteiger partial charge in [-0.2, -0.15) is 10.2 Å². The van der Waals surface area contributed by atoms with E-state index in [0.717, 1.165) is 0 Å². The fraction of sp³-hybridized carbons (Fsp3) is 0.833. The number of nitrogens with two attached hydrogens (primary N) is 2. The smallest absolute Gasteiger partial charge is 0.137 e. The summed E-state index contributed by atoms with van der Waals surface area (Å²) in [6.45, 7) is 11.3. The lowest BCUT2D eigenvalue weighted by Crippen LogP contribution is -2.46. The van der Waals surface area contributed by atoms with Crippen molar-refractivity contribution < 1.29 is 0 Å². The molecule has 120 valence electrons. The molecule has 6 N–H and O–H groups in total. The van der Waals surface area contributed by atoms with Crippen LogP contribution in [0.3, 0.4) is 0 Å². The molecule has 20 heavy (non-hydrogen) atoms. The van der Waals surface area contributed by atoms with Gasteiger partial charge in [0, 0.05) is 0 Å². The van der Waals surface area contributed by atoms with E-state index in [9.17, 15) is 0 Å². The van der Waals surface area contributed by atoms with Crippen molar-refractivity contribution in [2.75, 3.05) is 0 Å². The molecule has 0 fully saturated rings. The minimum Gasteiger partial charge on any atom is -0.386 e. The SMILES string of the molecule is CC(C)C(C)(N=NC(C)(C(=N)N)C(C)C)C(=N)N.Cl.Cl. The van der Waals surface area contributed by atoms with Crippen LogP contribution in [0, 0.1) is 22.7 Å². The Morgan fingerprint density at radius 3 is 1.10 bits per heavy atom. The zero-order valence-electron chi connectivity index (χ0n) is 13.0. The highest BCUT2D eigenvalue weighted by atomic mass is 35.5. The maximum atomic E-state index is 7.64. The topological polar surface area (TPSA) is 124 Å². The van der Waals surface area contributed by atoms with Gasteiger partial charge in [0.1, 0.15) is 22.7 Å². The summed E-state index contributed by atoms with van der Waals surface area (Å²) in [4.78, 5) is 0. The van der Waals surface area contributed by atoms with Crippen LogP contribution in [0.25, 0.3) is 0 Å². The first-order valence-corrected chi connectivity index (χ1v) is 6.11. The molecule has 0 heterocycles. The van der Waals surface area contributed by atoms with Gasteiger partial charge in [-0.15, -0.1) is 24.8 Å². The molecule has 0 amide bonds. The first-order chi connectivity index (χ1) is 7.98. The number of nitrogens with zero attached hydrogens (tertiary/aromatic N) is 2. The van der Waals surface area contributed by atoms with E-state index in [1.165, 1.54) is 0 Å². The molecule has 0 saturated heterocycles. The highest BCUT2D eigenvalue weighted by Crippen LogP contribution is 2.27. The molecule has 0 rings (SSSR count). The normalized spacial score (nSPS) is 17.0. The molecular weight excluding hydrogens is 299 g/mol. The van der Waals surface area contributed by atoms with E-state index in [1.807, 2.05) is 27.7 Å². The number of halogens is 2. The molecule has 0 aliphatic carbocycles. The lowest BCUT2D eigenvalue weighted by molar-refractivity contribution is 0.370. The zero-order valence-corrected chi connectivity index (χ0v) is 14.7. The minimum atomic E-state index is -0.856. The van der Waals surface area contributed by atoms with E-state index >= 15 is 0 Å². The molecule has 0 aromatic heterocycles. The molecule has 0 bridgehead atoms. The quantitative estimate of drug-likeness (QED) is 0.340. The molecule has 2 unspecified atom stereocenters. The number of rotatable bonds is 6.